The van der Waals surface area contributed by atoms with E-state index in [2.05, 4.69) is 9.87 Å². The predicted molar refractivity (Wildman–Crippen MR) is 139 cm³/mol. The smallest absolute Gasteiger partial charge is 0.351 e. The van der Waals surface area contributed by atoms with Gasteiger partial charge in [-0.2, -0.15) is 6.20 Å². The van der Waals surface area contributed by atoms with Gasteiger partial charge < -0.3 is 20.0 Å². The van der Waals surface area contributed by atoms with Crippen molar-refractivity contribution in [1.29, 1.82) is 0 Å². The van der Waals surface area contributed by atoms with E-state index in [1.165, 1.54) is 61.9 Å². The average molecular weight is 620 g/mol. The first kappa shape index (κ1) is 33.3. The third-order valence-electron chi connectivity index (χ3n) is 5.08. The first-order valence-corrected chi connectivity index (χ1v) is 11.9. The van der Waals surface area contributed by atoms with Crippen molar-refractivity contribution in [2.75, 3.05) is 7.11 Å². The van der Waals surface area contributed by atoms with Crippen molar-refractivity contribution in [1.82, 2.24) is 4.98 Å². The number of hydrogen-bond donors (Lipinski definition) is 2. The van der Waals surface area contributed by atoms with Crippen LogP contribution in [0.2, 0.25) is 0 Å². The number of rotatable bonds is 9. The molecule has 38 heavy (non-hydrogen) atoms. The molecule has 9 nitrogen and oxygen atoms in total. The molecule has 0 aliphatic carbocycles. The van der Waals surface area contributed by atoms with Crippen LogP contribution in [0.4, 0.5) is 4.39 Å². The number of ketones is 1. The Kier molecular flexibility index (Phi) is 14.3. The molecule has 3 N–H and O–H groups in total. The molecule has 0 aliphatic rings. The minimum absolute atomic E-state index is 0. The van der Waals surface area contributed by atoms with E-state index >= 15 is 0 Å². The zero-order valence-corrected chi connectivity index (χ0v) is 25.0. The number of carbonyl (C=O) groups excluding carboxylic acids is 1. The largest absolute Gasteiger partial charge is 0.705 e. The fraction of sp³-hybridized carbons (Fsp3) is 0.269. The van der Waals surface area contributed by atoms with Gasteiger partial charge in [0.2, 0.25) is 0 Å². The van der Waals surface area contributed by atoms with Gasteiger partial charge in [-0.25, -0.2) is 19.1 Å². The zero-order chi connectivity index (χ0) is 27.5. The van der Waals surface area contributed by atoms with Gasteiger partial charge in [-0.3, -0.25) is 10.1 Å². The maximum atomic E-state index is 13.1. The Bertz CT molecular complexity index is 1320. The second-order valence-corrected chi connectivity index (χ2v) is 8.89. The molecule has 0 saturated carbocycles. The molecule has 0 saturated heterocycles. The molecule has 1 unspecified atom stereocenters. The average Bonchev–Trinajstić information content (AvgIpc) is 3.18. The van der Waals surface area contributed by atoms with Crippen LogP contribution >= 0.6 is 11.3 Å². The van der Waals surface area contributed by atoms with E-state index in [0.29, 0.717) is 34.4 Å². The molecule has 2 heterocycles. The fourth-order valence-electron chi connectivity index (χ4n) is 3.15. The van der Waals surface area contributed by atoms with Crippen LogP contribution in [-0.2, 0) is 37.6 Å². The van der Waals surface area contributed by atoms with Crippen molar-refractivity contribution < 1.29 is 66.3 Å². The van der Waals surface area contributed by atoms with Gasteiger partial charge in [0.05, 0.1) is 17.7 Å². The number of aromatic nitrogens is 1. The van der Waals surface area contributed by atoms with Crippen LogP contribution in [-0.4, -0.2) is 28.2 Å². The molecule has 0 bridgehead atoms. The van der Waals surface area contributed by atoms with Crippen LogP contribution in [0, 0.1) is 12.7 Å². The van der Waals surface area contributed by atoms with Gasteiger partial charge in [0.1, 0.15) is 28.6 Å². The Morgan fingerprint density at radius 1 is 1.32 bits per heavy atom. The number of ether oxygens (including phenoxy) is 1. The Balaban J connectivity index is 0.00000172. The van der Waals surface area contributed by atoms with E-state index in [1.54, 1.807) is 19.1 Å². The number of halogens is 1. The summed E-state index contributed by atoms with van der Waals surface area (Å²) in [6, 6.07) is 6.81. The van der Waals surface area contributed by atoms with Crippen LogP contribution in [0.1, 0.15) is 59.3 Å². The summed E-state index contributed by atoms with van der Waals surface area (Å²) in [7, 11) is 1.18. The predicted octanol–water partition coefficient (Wildman–Crippen LogP) is 6.88. The van der Waals surface area contributed by atoms with E-state index in [4.69, 9.17) is 20.1 Å². The molecular weight excluding hydrogens is 592 g/mol. The third-order valence-corrected chi connectivity index (χ3v) is 6.07. The molecule has 0 amide bonds. The second kappa shape index (κ2) is 16.3. The number of nitrogens with one attached hydrogen (secondary N) is 1. The number of carbonyl (C=O) groups is 1. The fourth-order valence-corrected chi connectivity index (χ4v) is 4.08. The molecule has 1 aromatic carbocycles. The molecule has 201 valence electrons. The first-order valence-electron chi connectivity index (χ1n) is 11.1. The van der Waals surface area contributed by atoms with Gasteiger partial charge in [0.15, 0.2) is 5.78 Å². The number of nitrogens with zero attached hydrogens (tertiary/aromatic N) is 1. The van der Waals surface area contributed by atoms with Crippen LogP contribution in [0.3, 0.4) is 0 Å². The second-order valence-electron chi connectivity index (χ2n) is 7.90. The van der Waals surface area contributed by atoms with Crippen LogP contribution in [0.5, 0.6) is 16.7 Å². The monoisotopic (exact) mass is 620 g/mol. The molecule has 12 heteroatoms. The number of thiazole rings is 1. The van der Waals surface area contributed by atoms with Crippen molar-refractivity contribution in [3.05, 3.63) is 92.0 Å². The Morgan fingerprint density at radius 2 is 1.95 bits per heavy atom. The Hall–Kier alpha value is -2.70. The number of benzene rings is 1. The van der Waals surface area contributed by atoms with Crippen LogP contribution < -0.4 is 10.4 Å². The van der Waals surface area contributed by atoms with Crippen LogP contribution in [0.25, 0.3) is 11.8 Å². The van der Waals surface area contributed by atoms with Gasteiger partial charge in [0, 0.05) is 44.7 Å². The number of hydrogen-bond acceptors (Lipinski definition) is 9. The van der Waals surface area contributed by atoms with Crippen molar-refractivity contribution in [2.45, 2.75) is 39.5 Å². The molecule has 0 fully saturated rings. The zero-order valence-electron chi connectivity index (χ0n) is 21.4. The standard InChI is InChI=1S/C25H24FN2O5S.CH4O2.Y/c1-14(6-4-5-11-27)20-13-19(29)22(24(31)33-20)23(30)15(2)12-21-16(3)28-25(34-21)32-18-9-7-17(26)8-10-18;1-3-2;/h5,7-14,27H,4,6H2,1-3H3,(H,29,30,31);2H,1H3;/q-1;;/b11-5+,15-12+;;. The van der Waals surface area contributed by atoms with Crippen molar-refractivity contribution in [3.63, 3.8) is 0 Å². The quantitative estimate of drug-likeness (QED) is 0.114. The summed E-state index contributed by atoms with van der Waals surface area (Å²) >= 11 is 1.18. The van der Waals surface area contributed by atoms with Gasteiger partial charge in [-0.1, -0.05) is 18.3 Å². The normalized spacial score (nSPS) is 11.9. The summed E-state index contributed by atoms with van der Waals surface area (Å²) in [6.07, 6.45) is 5.68. The van der Waals surface area contributed by atoms with Gasteiger partial charge in [0.25, 0.3) is 5.19 Å². The number of Topliss-reactive ketones (excluding diaryl/α,β-unsaturated/α-hetero) is 1. The van der Waals surface area contributed by atoms with E-state index in [0.717, 1.165) is 0 Å². The first-order chi connectivity index (χ1) is 17.6. The van der Waals surface area contributed by atoms with E-state index in [1.807, 2.05) is 6.92 Å². The summed E-state index contributed by atoms with van der Waals surface area (Å²) in [5.41, 5.74) is 6.51. The molecule has 3 aromatic rings. The number of aryl methyl sites for hydroxylation is 1. The summed E-state index contributed by atoms with van der Waals surface area (Å²) in [5.74, 6) is -0.942. The van der Waals surface area contributed by atoms with E-state index in [9.17, 15) is 19.1 Å². The summed E-state index contributed by atoms with van der Waals surface area (Å²) < 4.78 is 24.0. The maximum absolute atomic E-state index is 13.1. The maximum Gasteiger partial charge on any atom is 0.351 e. The van der Waals surface area contributed by atoms with E-state index < -0.39 is 22.7 Å². The van der Waals surface area contributed by atoms with Gasteiger partial charge in [-0.15, -0.1) is 6.08 Å². The number of allylic oxidation sites excluding steroid dienone is 2. The number of aromatic hydroxyl groups is 1. The molecular formula is C26H28FN2O7SY-. The molecule has 1 atom stereocenters. The Labute approximate surface area is 248 Å². The molecule has 2 aromatic heterocycles. The van der Waals surface area contributed by atoms with Crippen molar-refractivity contribution in [2.24, 2.45) is 0 Å². The van der Waals surface area contributed by atoms with Crippen LogP contribution in [0.15, 0.2) is 57.4 Å². The minimum atomic E-state index is -0.906. The SMILES string of the molecule is C/C(=C\c1sc(Oc2ccc(F)cc2)nc1C)C(=O)c1c(O)cc(C(C)CC/C=C/[NH-])oc1=O.COO.[Y]. The van der Waals surface area contributed by atoms with Crippen molar-refractivity contribution in [3.8, 4) is 16.7 Å². The molecule has 3 rings (SSSR count). The van der Waals surface area contributed by atoms with Gasteiger partial charge >= 0.3 is 5.63 Å². The molecule has 0 aliphatic heterocycles. The third kappa shape index (κ3) is 9.56. The topological polar surface area (TPSA) is 143 Å². The van der Waals surface area contributed by atoms with Crippen molar-refractivity contribution >= 4 is 23.2 Å². The summed E-state index contributed by atoms with van der Waals surface area (Å²) in [4.78, 5) is 33.6. The summed E-state index contributed by atoms with van der Waals surface area (Å²) in [5, 5.41) is 17.8. The van der Waals surface area contributed by atoms with E-state index in [-0.39, 0.29) is 55.8 Å². The molecule has 0 spiro atoms. The minimum Gasteiger partial charge on any atom is -0.705 e. The van der Waals surface area contributed by atoms with Gasteiger partial charge in [-0.05, 0) is 62.6 Å². The Morgan fingerprint density at radius 3 is 2.53 bits per heavy atom. The summed E-state index contributed by atoms with van der Waals surface area (Å²) in [6.45, 7) is 5.11. The molecule has 1 radical (unpaired) electrons.